The molecule has 4 atom stereocenters. The molecule has 29 heteroatoms. The highest BCUT2D eigenvalue weighted by Gasteiger charge is 2.48. The van der Waals surface area contributed by atoms with Crippen LogP contribution in [0.15, 0.2) is 86.0 Å². The van der Waals surface area contributed by atoms with E-state index in [2.05, 4.69) is 109 Å². The third-order valence-electron chi connectivity index (χ3n) is 24.2. The summed E-state index contributed by atoms with van der Waals surface area (Å²) in [6.45, 7) is 13.0. The van der Waals surface area contributed by atoms with E-state index in [4.69, 9.17) is 67.0 Å². The van der Waals surface area contributed by atoms with Gasteiger partial charge in [-0.3, -0.25) is 0 Å². The second-order valence-electron chi connectivity index (χ2n) is 30.8. The quantitative estimate of drug-likeness (QED) is 0.0921. The molecule has 18 aliphatic rings. The van der Waals surface area contributed by atoms with Gasteiger partial charge in [-0.2, -0.15) is 9.97 Å². The number of nitrogen functional groups attached to an aromatic ring is 4. The molecule has 14 aliphatic heterocycles. The van der Waals surface area contributed by atoms with Gasteiger partial charge in [0, 0.05) is 191 Å². The predicted octanol–water partition coefficient (Wildman–Crippen LogP) is 7.48. The number of ether oxygens (including phenoxy) is 3. The summed E-state index contributed by atoms with van der Waals surface area (Å²) >= 11 is 0. The predicted molar refractivity (Wildman–Crippen MR) is 401 cm³/mol. The standard InChI is InChI=1S/C20H24N6O.C19H22N6.C18H21N7O.C17H23N7O.CH4/c21-20-22-7-13(8-23-20)18-5-17(26-14-1-2-15(26)11-27-10-14)6-19(24-18)25-9-12-3-16(25)4-12;20-19-21-7-13(8-22-19)17-5-16(24-9-11-1-14(24)2-11)6-18(23-17)25-10-12-3-15(25)4-12;19-17-20-5-11(6-21-17)15-4-16(24-8-14-3-13(24)9-26-14)23-18(22-15)25-7-10-1-12(25)2-10;18-16-19-11-13(12-20-16)14-10-15(23-6-8-25-9-7-23)22-17(21-14)24-4-2-1-3-5-24;/h5-8,12,14-16H,1-4,9-11H2,(H2,21,22,23);5-8,11-12,14-15H,1-4,9-10H2,(H2,20,21,22);4-6,10,12-14H,1-3,7-9H2,(H2,19,20,21);10-12H,1-9H2,(H2,18,19,20);1H4/t;;10?,12?,13-,14-;;/m..0../s1. The first kappa shape index (κ1) is 66.2. The number of aromatic nitrogens is 14. The van der Waals surface area contributed by atoms with Crippen molar-refractivity contribution in [2.24, 2.45) is 23.7 Å². The van der Waals surface area contributed by atoms with Crippen LogP contribution in [0, 0.1) is 23.7 Å². The second kappa shape index (κ2) is 27.7. The van der Waals surface area contributed by atoms with E-state index in [0.29, 0.717) is 54.3 Å². The lowest BCUT2D eigenvalue weighted by Gasteiger charge is -2.37. The van der Waals surface area contributed by atoms with E-state index in [1.54, 1.807) is 49.6 Å². The van der Waals surface area contributed by atoms with Gasteiger partial charge in [0.15, 0.2) is 0 Å². The molecule has 29 nitrogen and oxygen atoms in total. The Morgan fingerprint density at radius 2 is 0.750 bits per heavy atom. The Labute approximate surface area is 606 Å². The van der Waals surface area contributed by atoms with E-state index in [9.17, 15) is 0 Å². The minimum Gasteiger partial charge on any atom is -0.378 e. The van der Waals surface area contributed by atoms with E-state index in [1.807, 2.05) is 6.07 Å². The Kier molecular flexibility index (Phi) is 17.6. The van der Waals surface area contributed by atoms with Crippen LogP contribution in [0.25, 0.3) is 45.0 Å². The summed E-state index contributed by atoms with van der Waals surface area (Å²) in [6.07, 6.45) is 32.1. The lowest BCUT2D eigenvalue weighted by molar-refractivity contribution is 0.0906. The van der Waals surface area contributed by atoms with Crippen molar-refractivity contribution in [3.8, 4) is 45.0 Å². The van der Waals surface area contributed by atoms with Crippen molar-refractivity contribution in [1.82, 2.24) is 69.8 Å². The minimum absolute atomic E-state index is 0. The van der Waals surface area contributed by atoms with Crippen LogP contribution in [0.1, 0.15) is 97.3 Å². The average molecular weight is 1410 g/mol. The Morgan fingerprint density at radius 1 is 0.337 bits per heavy atom. The fraction of sp³-hybridized carbons (Fsp3) is 0.547. The van der Waals surface area contributed by atoms with Crippen LogP contribution in [0.5, 0.6) is 0 Å². The van der Waals surface area contributed by atoms with Crippen molar-refractivity contribution in [2.75, 3.05) is 154 Å². The molecule has 22 heterocycles. The van der Waals surface area contributed by atoms with Crippen LogP contribution < -0.4 is 62.1 Å². The summed E-state index contributed by atoms with van der Waals surface area (Å²) in [7, 11) is 0. The van der Waals surface area contributed by atoms with E-state index in [0.717, 1.165) is 202 Å². The van der Waals surface area contributed by atoms with Gasteiger partial charge >= 0.3 is 0 Å². The Hall–Kier alpha value is -9.74. The molecule has 14 saturated heterocycles. The largest absolute Gasteiger partial charge is 0.378 e. The van der Waals surface area contributed by atoms with Crippen LogP contribution in [-0.2, 0) is 14.2 Å². The number of nitrogens with zero attached hydrogens (tertiary/aromatic N) is 22. The van der Waals surface area contributed by atoms with Gasteiger partial charge in [0.25, 0.3) is 0 Å². The molecule has 18 fully saturated rings. The Balaban J connectivity index is 0.0000000985. The molecular formula is C75H94N26O3. The van der Waals surface area contributed by atoms with Gasteiger partial charge in [0.2, 0.25) is 35.7 Å². The number of fused-ring (bicyclic) bond motifs is 8. The van der Waals surface area contributed by atoms with Crippen molar-refractivity contribution in [2.45, 2.75) is 146 Å². The topological polar surface area (TPSA) is 338 Å². The summed E-state index contributed by atoms with van der Waals surface area (Å²) in [6, 6.07) is 17.1. The minimum atomic E-state index is 0. The van der Waals surface area contributed by atoms with E-state index in [1.165, 1.54) is 101 Å². The zero-order valence-electron chi connectivity index (χ0n) is 58.2. The molecule has 2 unspecified atom stereocenters. The molecule has 0 spiro atoms. The molecule has 0 radical (unpaired) electrons. The lowest BCUT2D eigenvalue weighted by atomic mass is 9.86. The fourth-order valence-corrected chi connectivity index (χ4v) is 18.4. The first-order chi connectivity index (χ1) is 50.5. The second-order valence-corrected chi connectivity index (χ2v) is 30.8. The van der Waals surface area contributed by atoms with Gasteiger partial charge in [-0.25, -0.2) is 59.8 Å². The van der Waals surface area contributed by atoms with Crippen LogP contribution in [-0.4, -0.2) is 210 Å². The van der Waals surface area contributed by atoms with Crippen molar-refractivity contribution in [1.29, 1.82) is 0 Å². The summed E-state index contributed by atoms with van der Waals surface area (Å²) < 4.78 is 17.0. The Bertz CT molecular complexity index is 4260. The maximum Gasteiger partial charge on any atom is 0.228 e. The summed E-state index contributed by atoms with van der Waals surface area (Å²) in [5.74, 6) is 10.3. The number of nitrogens with two attached hydrogens (primary N) is 4. The highest BCUT2D eigenvalue weighted by Crippen LogP contribution is 2.49. The molecule has 104 heavy (non-hydrogen) atoms. The van der Waals surface area contributed by atoms with Crippen LogP contribution in [0.4, 0.5) is 70.3 Å². The monoisotopic (exact) mass is 1410 g/mol. The summed E-state index contributed by atoms with van der Waals surface area (Å²) in [5.41, 5.74) is 32.3. The van der Waals surface area contributed by atoms with Crippen molar-refractivity contribution in [3.63, 3.8) is 0 Å². The van der Waals surface area contributed by atoms with Gasteiger partial charge in [0.1, 0.15) is 23.3 Å². The van der Waals surface area contributed by atoms with Crippen LogP contribution in [0.2, 0.25) is 0 Å². The molecular weight excluding hydrogens is 1310 g/mol. The van der Waals surface area contributed by atoms with E-state index >= 15 is 0 Å². The van der Waals surface area contributed by atoms with Gasteiger partial charge in [0.05, 0.1) is 80.0 Å². The molecule has 8 aromatic rings. The molecule has 8 N–H and O–H groups in total. The van der Waals surface area contributed by atoms with Crippen molar-refractivity contribution in [3.05, 3.63) is 86.0 Å². The number of rotatable bonds is 12. The highest BCUT2D eigenvalue weighted by molar-refractivity contribution is 5.73. The summed E-state index contributed by atoms with van der Waals surface area (Å²) in [4.78, 5) is 82.0. The fourth-order valence-electron chi connectivity index (χ4n) is 18.4. The average Bonchev–Trinajstić information content (AvgIpc) is 1.65. The lowest BCUT2D eigenvalue weighted by Crippen LogP contribution is -2.46. The number of morpholine rings is 3. The van der Waals surface area contributed by atoms with Gasteiger partial charge in [-0.1, -0.05) is 7.43 Å². The number of anilines is 12. The van der Waals surface area contributed by atoms with E-state index in [-0.39, 0.29) is 19.3 Å². The first-order valence-corrected chi connectivity index (χ1v) is 37.5. The molecule has 542 valence electrons. The molecule has 26 rings (SSSR count). The van der Waals surface area contributed by atoms with Crippen molar-refractivity contribution < 1.29 is 14.2 Å². The molecule has 8 aromatic heterocycles. The Morgan fingerprint density at radius 3 is 1.21 bits per heavy atom. The maximum absolute atomic E-state index is 5.79. The third kappa shape index (κ3) is 13.1. The van der Waals surface area contributed by atoms with Gasteiger partial charge < -0.3 is 76.3 Å². The first-order valence-electron chi connectivity index (χ1n) is 37.5. The molecule has 12 bridgehead atoms. The summed E-state index contributed by atoms with van der Waals surface area (Å²) in [5, 5.41) is 0. The zero-order chi connectivity index (χ0) is 68.8. The molecule has 4 aliphatic carbocycles. The van der Waals surface area contributed by atoms with Crippen molar-refractivity contribution >= 4 is 70.3 Å². The zero-order valence-corrected chi connectivity index (χ0v) is 58.2. The SMILES string of the molecule is C.Nc1ncc(-c2cc(N3C4CCC3COC4)cc(N3CC4CC3C4)n2)cn1.Nc1ncc(-c2cc(N3CC4CC3C4)cc(N3CC4CC3C4)n2)cn1.Nc1ncc(-c2cc(N3CCOCC3)nc(N3CCCCC3)n2)cn1.Nc1ncc(-c2cc(N3C[C@@H]4C[C@H]3CO4)nc(N3CC4CC3C4)n2)cn1. The van der Waals surface area contributed by atoms with Gasteiger partial charge in [-0.05, 0) is 126 Å². The molecule has 0 amide bonds. The number of pyridine rings is 2. The number of hydrogen-bond acceptors (Lipinski definition) is 29. The number of piperidine rings is 1. The smallest absolute Gasteiger partial charge is 0.228 e. The maximum atomic E-state index is 5.79. The third-order valence-corrected chi connectivity index (χ3v) is 24.2. The normalized spacial score (nSPS) is 28.1. The van der Waals surface area contributed by atoms with E-state index < -0.39 is 0 Å². The molecule has 4 saturated carbocycles. The highest BCUT2D eigenvalue weighted by atomic mass is 16.5. The van der Waals surface area contributed by atoms with Gasteiger partial charge in [-0.15, -0.1) is 0 Å². The molecule has 0 aromatic carbocycles. The number of hydrogen-bond donors (Lipinski definition) is 4. The van der Waals surface area contributed by atoms with Crippen LogP contribution >= 0.6 is 0 Å². The van der Waals surface area contributed by atoms with Crippen LogP contribution in [0.3, 0.4) is 0 Å².